The summed E-state index contributed by atoms with van der Waals surface area (Å²) in [6, 6.07) is 9.64. The van der Waals surface area contributed by atoms with Crippen LogP contribution in [0.25, 0.3) is 5.69 Å². The zero-order valence-electron chi connectivity index (χ0n) is 14.4. The van der Waals surface area contributed by atoms with Crippen LogP contribution in [0, 0.1) is 5.92 Å². The summed E-state index contributed by atoms with van der Waals surface area (Å²) in [6.45, 7) is 1.53. The maximum absolute atomic E-state index is 10.4. The van der Waals surface area contributed by atoms with Crippen molar-refractivity contribution in [3.8, 4) is 5.69 Å². The quantitative estimate of drug-likeness (QED) is 0.699. The lowest BCUT2D eigenvalue weighted by atomic mass is 10.1. The van der Waals surface area contributed by atoms with E-state index < -0.39 is 0 Å². The van der Waals surface area contributed by atoms with E-state index in [4.69, 9.17) is 11.6 Å². The van der Waals surface area contributed by atoms with Crippen molar-refractivity contribution in [2.45, 2.75) is 38.1 Å². The topological polar surface area (TPSA) is 67.9 Å². The van der Waals surface area contributed by atoms with E-state index in [0.29, 0.717) is 17.5 Å². The van der Waals surface area contributed by atoms with Gasteiger partial charge in [0.25, 0.3) is 0 Å². The molecule has 6 nitrogen and oxygen atoms in total. The van der Waals surface area contributed by atoms with E-state index in [1.807, 2.05) is 58.3 Å². The molecule has 0 amide bonds. The van der Waals surface area contributed by atoms with Crippen LogP contribution in [0.15, 0.2) is 55.1 Å². The molecule has 3 atom stereocenters. The first kappa shape index (κ1) is 17.3. The second-order valence-corrected chi connectivity index (χ2v) is 7.33. The normalized spacial score (nSPS) is 22.8. The van der Waals surface area contributed by atoms with Gasteiger partial charge >= 0.3 is 0 Å². The monoisotopic (exact) mass is 371 g/mol. The molecule has 3 aromatic rings. The van der Waals surface area contributed by atoms with E-state index in [2.05, 4.69) is 15.5 Å². The molecule has 2 aromatic heterocycles. The third kappa shape index (κ3) is 3.98. The van der Waals surface area contributed by atoms with Gasteiger partial charge in [0.05, 0.1) is 18.0 Å². The van der Waals surface area contributed by atoms with E-state index in [1.165, 1.54) is 0 Å². The zero-order chi connectivity index (χ0) is 17.9. The van der Waals surface area contributed by atoms with Gasteiger partial charge in [0.15, 0.2) is 0 Å². The Morgan fingerprint density at radius 2 is 2.15 bits per heavy atom. The second kappa shape index (κ2) is 7.61. The summed E-state index contributed by atoms with van der Waals surface area (Å²) >= 11 is 6.04. The summed E-state index contributed by atoms with van der Waals surface area (Å²) in [6.07, 6.45) is 9.02. The van der Waals surface area contributed by atoms with Crippen LogP contribution in [0.1, 0.15) is 18.4 Å². The summed E-state index contributed by atoms with van der Waals surface area (Å²) in [7, 11) is 0. The molecule has 1 fully saturated rings. The van der Waals surface area contributed by atoms with Crippen LogP contribution in [0.4, 0.5) is 0 Å². The molecule has 0 spiro atoms. The summed E-state index contributed by atoms with van der Waals surface area (Å²) in [5, 5.41) is 23.2. The van der Waals surface area contributed by atoms with Crippen LogP contribution < -0.4 is 5.32 Å². The van der Waals surface area contributed by atoms with Gasteiger partial charge in [0.2, 0.25) is 0 Å². The highest BCUT2D eigenvalue weighted by molar-refractivity contribution is 6.30. The first-order valence-electron chi connectivity index (χ1n) is 8.86. The Labute approximate surface area is 157 Å². The minimum absolute atomic E-state index is 0.102. The van der Waals surface area contributed by atoms with Gasteiger partial charge in [0, 0.05) is 48.3 Å². The largest absolute Gasteiger partial charge is 0.391 e. The van der Waals surface area contributed by atoms with Crippen molar-refractivity contribution in [1.29, 1.82) is 0 Å². The Bertz CT molecular complexity index is 847. The van der Waals surface area contributed by atoms with Crippen LogP contribution in [-0.4, -0.2) is 36.8 Å². The molecule has 0 bridgehead atoms. The number of benzene rings is 1. The smallest absolute Gasteiger partial charge is 0.0696 e. The number of aliphatic hydroxyl groups excluding tert-OH is 1. The summed E-state index contributed by atoms with van der Waals surface area (Å²) in [4.78, 5) is 0. The fourth-order valence-corrected chi connectivity index (χ4v) is 3.80. The Morgan fingerprint density at radius 3 is 2.96 bits per heavy atom. The highest BCUT2D eigenvalue weighted by Gasteiger charge is 2.32. The van der Waals surface area contributed by atoms with Crippen LogP contribution in [0.2, 0.25) is 5.02 Å². The Morgan fingerprint density at radius 1 is 1.23 bits per heavy atom. The predicted molar refractivity (Wildman–Crippen MR) is 100 cm³/mol. The molecule has 1 aliphatic rings. The van der Waals surface area contributed by atoms with E-state index in [-0.39, 0.29) is 12.1 Å². The number of aliphatic hydroxyl groups is 1. The van der Waals surface area contributed by atoms with Crippen molar-refractivity contribution >= 4 is 11.6 Å². The molecular weight excluding hydrogens is 350 g/mol. The van der Waals surface area contributed by atoms with Gasteiger partial charge in [-0.3, -0.25) is 4.68 Å². The van der Waals surface area contributed by atoms with Crippen LogP contribution >= 0.6 is 11.6 Å². The molecular formula is C19H22ClN5O. The second-order valence-electron chi connectivity index (χ2n) is 6.89. The fraction of sp³-hybridized carbons (Fsp3) is 0.368. The highest BCUT2D eigenvalue weighted by atomic mass is 35.5. The Kier molecular flexibility index (Phi) is 5.06. The number of rotatable bonds is 6. The average Bonchev–Trinajstić information content (AvgIpc) is 3.35. The van der Waals surface area contributed by atoms with E-state index >= 15 is 0 Å². The lowest BCUT2D eigenvalue weighted by Crippen LogP contribution is -2.35. The lowest BCUT2D eigenvalue weighted by molar-refractivity contribution is 0.145. The van der Waals surface area contributed by atoms with Crippen LogP contribution in [0.3, 0.4) is 0 Å². The van der Waals surface area contributed by atoms with Crippen molar-refractivity contribution < 1.29 is 5.11 Å². The van der Waals surface area contributed by atoms with Gasteiger partial charge in [-0.15, -0.1) is 0 Å². The molecule has 1 aromatic carbocycles. The zero-order valence-corrected chi connectivity index (χ0v) is 15.1. The van der Waals surface area contributed by atoms with Crippen molar-refractivity contribution in [1.82, 2.24) is 24.9 Å². The van der Waals surface area contributed by atoms with Gasteiger partial charge in [0.1, 0.15) is 0 Å². The van der Waals surface area contributed by atoms with Crippen LogP contribution in [-0.2, 0) is 13.1 Å². The van der Waals surface area contributed by atoms with E-state index in [9.17, 15) is 5.11 Å². The fourth-order valence-electron chi connectivity index (χ4n) is 3.62. The average molecular weight is 372 g/mol. The molecule has 1 aliphatic carbocycles. The molecule has 2 N–H and O–H groups in total. The van der Waals surface area contributed by atoms with Crippen molar-refractivity contribution in [3.63, 3.8) is 0 Å². The minimum Gasteiger partial charge on any atom is -0.391 e. The maximum atomic E-state index is 10.4. The molecule has 4 rings (SSSR count). The van der Waals surface area contributed by atoms with Gasteiger partial charge in [-0.2, -0.15) is 10.2 Å². The van der Waals surface area contributed by atoms with Crippen LogP contribution in [0.5, 0.6) is 0 Å². The summed E-state index contributed by atoms with van der Waals surface area (Å²) < 4.78 is 3.75. The molecule has 1 unspecified atom stereocenters. The molecule has 7 heteroatoms. The van der Waals surface area contributed by atoms with Crippen molar-refractivity contribution in [2.24, 2.45) is 5.92 Å². The van der Waals surface area contributed by atoms with E-state index in [0.717, 1.165) is 30.6 Å². The first-order chi connectivity index (χ1) is 12.7. The molecule has 2 heterocycles. The van der Waals surface area contributed by atoms with Crippen molar-refractivity contribution in [2.75, 3.05) is 0 Å². The third-order valence-electron chi connectivity index (χ3n) is 4.91. The Hall–Kier alpha value is -2.15. The SMILES string of the molecule is O[C@@H]1CC(Cn2cccn2)C[C@H]1NCc1cnn(-c2cccc(Cl)c2)c1. The number of halogens is 1. The predicted octanol–water partition coefficient (Wildman–Crippen LogP) is 2.65. The Balaban J connectivity index is 1.33. The van der Waals surface area contributed by atoms with E-state index in [1.54, 1.807) is 6.20 Å². The third-order valence-corrected chi connectivity index (χ3v) is 5.14. The summed E-state index contributed by atoms with van der Waals surface area (Å²) in [5.74, 6) is 0.441. The van der Waals surface area contributed by atoms with Gasteiger partial charge in [-0.25, -0.2) is 4.68 Å². The molecule has 0 radical (unpaired) electrons. The standard InChI is InChI=1S/C19H22ClN5O/c20-16-3-1-4-17(9-16)25-13-15(11-23-25)10-21-18-7-14(8-19(18)26)12-24-6-2-5-22-24/h1-6,9,11,13-14,18-19,21,26H,7-8,10,12H2/t14?,18-,19-/m1/s1. The van der Waals surface area contributed by atoms with Gasteiger partial charge < -0.3 is 10.4 Å². The molecule has 26 heavy (non-hydrogen) atoms. The molecule has 0 aliphatic heterocycles. The molecule has 0 saturated heterocycles. The molecule has 1 saturated carbocycles. The van der Waals surface area contributed by atoms with Gasteiger partial charge in [-0.05, 0) is 43.0 Å². The summed E-state index contributed by atoms with van der Waals surface area (Å²) in [5.41, 5.74) is 2.01. The first-order valence-corrected chi connectivity index (χ1v) is 9.23. The number of hydrogen-bond acceptors (Lipinski definition) is 4. The number of aromatic nitrogens is 4. The minimum atomic E-state index is -0.321. The number of nitrogens with zero attached hydrogens (tertiary/aromatic N) is 4. The van der Waals surface area contributed by atoms with Gasteiger partial charge in [-0.1, -0.05) is 17.7 Å². The maximum Gasteiger partial charge on any atom is 0.0696 e. The van der Waals surface area contributed by atoms with Crippen molar-refractivity contribution in [3.05, 3.63) is 65.7 Å². The lowest BCUT2D eigenvalue weighted by Gasteiger charge is -2.15. The number of hydrogen-bond donors (Lipinski definition) is 2. The highest BCUT2D eigenvalue weighted by Crippen LogP contribution is 2.27. The molecule has 136 valence electrons. The number of nitrogens with one attached hydrogen (secondary N) is 1.